The number of esters is 2. The van der Waals surface area contributed by atoms with Gasteiger partial charge in [-0.2, -0.15) is 8.78 Å². The number of carbonyl (C=O) groups is 3. The molecule has 2 rings (SSSR count). The molecule has 0 bridgehead atoms. The molecule has 1 aliphatic heterocycles. The zero-order valence-corrected chi connectivity index (χ0v) is 14.8. The molecule has 2 heterocycles. The smallest absolute Gasteiger partial charge is 0.341 e. The number of hydrogen-bond acceptors (Lipinski definition) is 7. The summed E-state index contributed by atoms with van der Waals surface area (Å²) in [6.45, 7) is 0.209. The molecule has 0 atom stereocenters. The van der Waals surface area contributed by atoms with Crippen LogP contribution in [0, 0.1) is 5.92 Å². The molecule has 1 fully saturated rings. The third-order valence-corrected chi connectivity index (χ3v) is 4.63. The van der Waals surface area contributed by atoms with Crippen LogP contribution in [0.2, 0.25) is 0 Å². The molecule has 1 saturated heterocycles. The Morgan fingerprint density at radius 3 is 2.65 bits per heavy atom. The fourth-order valence-electron chi connectivity index (χ4n) is 2.55. The molecule has 0 spiro atoms. The van der Waals surface area contributed by atoms with Crippen molar-refractivity contribution in [3.63, 3.8) is 0 Å². The van der Waals surface area contributed by atoms with E-state index >= 15 is 0 Å². The van der Waals surface area contributed by atoms with Gasteiger partial charge in [0.25, 0.3) is 11.7 Å². The largest absolute Gasteiger partial charge is 0.469 e. The quantitative estimate of drug-likeness (QED) is 0.544. The van der Waals surface area contributed by atoms with E-state index in [-0.39, 0.29) is 34.2 Å². The minimum absolute atomic E-state index is 0.116. The molecule has 1 amide bonds. The Balaban J connectivity index is 1.86. The van der Waals surface area contributed by atoms with Crippen LogP contribution in [0.4, 0.5) is 8.78 Å². The van der Waals surface area contributed by atoms with Crippen molar-refractivity contribution in [1.82, 2.24) is 9.88 Å². The first-order valence-electron chi connectivity index (χ1n) is 7.85. The molecule has 1 aliphatic rings. The zero-order valence-electron chi connectivity index (χ0n) is 14.0. The number of halogens is 2. The number of thioether (sulfide) groups is 1. The molecular formula is C16H18F2N2O5S. The van der Waals surface area contributed by atoms with Crippen molar-refractivity contribution in [2.45, 2.75) is 23.6 Å². The van der Waals surface area contributed by atoms with E-state index < -0.39 is 24.2 Å². The number of pyridine rings is 1. The van der Waals surface area contributed by atoms with Gasteiger partial charge in [-0.1, -0.05) is 0 Å². The van der Waals surface area contributed by atoms with Crippen LogP contribution in [0.15, 0.2) is 23.4 Å². The number of hydrogen-bond donors (Lipinski definition) is 0. The van der Waals surface area contributed by atoms with Gasteiger partial charge >= 0.3 is 11.9 Å². The Hall–Kier alpha value is -2.23. The number of amides is 1. The lowest BCUT2D eigenvalue weighted by Gasteiger charge is -2.30. The second kappa shape index (κ2) is 9.46. The number of aromatic nitrogens is 1. The van der Waals surface area contributed by atoms with E-state index in [0.29, 0.717) is 25.9 Å². The van der Waals surface area contributed by atoms with Gasteiger partial charge in [0.1, 0.15) is 5.03 Å². The van der Waals surface area contributed by atoms with E-state index in [2.05, 4.69) is 9.72 Å². The highest BCUT2D eigenvalue weighted by atomic mass is 32.2. The van der Waals surface area contributed by atoms with E-state index in [9.17, 15) is 23.2 Å². The summed E-state index contributed by atoms with van der Waals surface area (Å²) >= 11 is 0.136. The van der Waals surface area contributed by atoms with Crippen LogP contribution in [-0.4, -0.2) is 60.3 Å². The van der Waals surface area contributed by atoms with Gasteiger partial charge in [0, 0.05) is 19.3 Å². The Bertz CT molecular complexity index is 666. The molecule has 0 unspecified atom stereocenters. The van der Waals surface area contributed by atoms with Gasteiger partial charge in [-0.3, -0.25) is 9.59 Å². The first kappa shape index (κ1) is 20.1. The maximum absolute atomic E-state index is 12.5. The van der Waals surface area contributed by atoms with Crippen molar-refractivity contribution in [3.05, 3.63) is 23.9 Å². The molecule has 0 aromatic carbocycles. The van der Waals surface area contributed by atoms with Crippen molar-refractivity contribution in [2.24, 2.45) is 5.92 Å². The summed E-state index contributed by atoms with van der Waals surface area (Å²) in [5.74, 6) is -4.57. The summed E-state index contributed by atoms with van der Waals surface area (Å²) in [6.07, 6.45) is 2.24. The number of nitrogens with zero attached hydrogens (tertiary/aromatic N) is 2. The average Bonchev–Trinajstić information content (AvgIpc) is 2.65. The molecule has 0 aliphatic carbocycles. The van der Waals surface area contributed by atoms with Crippen LogP contribution >= 0.6 is 11.8 Å². The number of piperidine rings is 1. The zero-order chi connectivity index (χ0) is 19.1. The molecule has 10 heteroatoms. The molecule has 7 nitrogen and oxygen atoms in total. The van der Waals surface area contributed by atoms with Crippen molar-refractivity contribution >= 4 is 29.6 Å². The summed E-state index contributed by atoms with van der Waals surface area (Å²) in [6, 6.07) is 2.73. The summed E-state index contributed by atoms with van der Waals surface area (Å²) in [4.78, 5) is 40.9. The first-order valence-corrected chi connectivity index (χ1v) is 8.73. The Morgan fingerprint density at radius 1 is 1.35 bits per heavy atom. The van der Waals surface area contributed by atoms with E-state index in [1.807, 2.05) is 0 Å². The van der Waals surface area contributed by atoms with Crippen molar-refractivity contribution in [1.29, 1.82) is 0 Å². The predicted octanol–water partition coefficient (Wildman–Crippen LogP) is 1.96. The van der Waals surface area contributed by atoms with Gasteiger partial charge < -0.3 is 14.4 Å². The van der Waals surface area contributed by atoms with Crippen LogP contribution in [-0.2, 0) is 19.1 Å². The van der Waals surface area contributed by atoms with Gasteiger partial charge in [0.05, 0.1) is 18.6 Å². The summed E-state index contributed by atoms with van der Waals surface area (Å²) in [5.41, 5.74) is -0.116. The molecule has 1 aromatic rings. The normalized spacial score (nSPS) is 15.0. The minimum atomic E-state index is -2.73. The molecule has 0 radical (unpaired) electrons. The highest BCUT2D eigenvalue weighted by Crippen LogP contribution is 2.26. The number of likely N-dealkylation sites (tertiary alicyclic amines) is 1. The van der Waals surface area contributed by atoms with E-state index in [0.717, 1.165) is 0 Å². The van der Waals surface area contributed by atoms with Gasteiger partial charge in [0.2, 0.25) is 0 Å². The van der Waals surface area contributed by atoms with E-state index in [4.69, 9.17) is 4.74 Å². The Morgan fingerprint density at radius 2 is 2.04 bits per heavy atom. The summed E-state index contributed by atoms with van der Waals surface area (Å²) < 4.78 is 34.6. The molecular weight excluding hydrogens is 370 g/mol. The molecule has 0 N–H and O–H groups in total. The Kier molecular flexibility index (Phi) is 7.31. The van der Waals surface area contributed by atoms with E-state index in [1.165, 1.54) is 30.3 Å². The lowest BCUT2D eigenvalue weighted by Crippen LogP contribution is -2.42. The lowest BCUT2D eigenvalue weighted by molar-refractivity contribution is -0.149. The number of alkyl halides is 2. The van der Waals surface area contributed by atoms with Crippen molar-refractivity contribution in [3.8, 4) is 0 Å². The van der Waals surface area contributed by atoms with Gasteiger partial charge in [0.15, 0.2) is 6.61 Å². The van der Waals surface area contributed by atoms with Gasteiger partial charge in [-0.05, 0) is 36.7 Å². The number of ether oxygens (including phenoxy) is 2. The second-order valence-corrected chi connectivity index (χ2v) is 6.47. The Labute approximate surface area is 153 Å². The van der Waals surface area contributed by atoms with Crippen LogP contribution in [0.5, 0.6) is 0 Å². The predicted molar refractivity (Wildman–Crippen MR) is 87.7 cm³/mol. The maximum Gasteiger partial charge on any atom is 0.341 e. The fraction of sp³-hybridized carbons (Fsp3) is 0.500. The van der Waals surface area contributed by atoms with Crippen LogP contribution < -0.4 is 0 Å². The maximum atomic E-state index is 12.5. The van der Waals surface area contributed by atoms with Crippen molar-refractivity contribution in [2.75, 3.05) is 26.8 Å². The summed E-state index contributed by atoms with van der Waals surface area (Å²) in [5, 5.41) is -0.154. The fourth-order valence-corrected chi connectivity index (χ4v) is 3.12. The highest BCUT2D eigenvalue weighted by Gasteiger charge is 2.28. The van der Waals surface area contributed by atoms with Crippen LogP contribution in [0.1, 0.15) is 23.2 Å². The third-order valence-electron chi connectivity index (χ3n) is 3.90. The van der Waals surface area contributed by atoms with Crippen LogP contribution in [0.3, 0.4) is 0 Å². The first-order chi connectivity index (χ1) is 12.4. The van der Waals surface area contributed by atoms with E-state index in [1.54, 1.807) is 0 Å². The molecule has 1 aromatic heterocycles. The number of methoxy groups -OCH3 is 1. The SMILES string of the molecule is COC(=O)C1CCN(C(=O)COC(=O)c2cccnc2SC(F)F)CC1. The second-order valence-electron chi connectivity index (χ2n) is 5.49. The van der Waals surface area contributed by atoms with Gasteiger partial charge in [-0.15, -0.1) is 0 Å². The topological polar surface area (TPSA) is 85.8 Å². The van der Waals surface area contributed by atoms with Crippen molar-refractivity contribution < 1.29 is 32.6 Å². The minimum Gasteiger partial charge on any atom is -0.469 e. The summed E-state index contributed by atoms with van der Waals surface area (Å²) in [7, 11) is 1.32. The molecule has 0 saturated carbocycles. The standard InChI is InChI=1S/C16H18F2N2O5S/c1-24-14(22)10-4-7-20(8-5-10)12(21)9-25-15(23)11-3-2-6-19-13(11)26-16(17)18/h2-3,6,10,16H,4-5,7-9H2,1H3. The highest BCUT2D eigenvalue weighted by molar-refractivity contribution is 7.99. The number of rotatable bonds is 6. The van der Waals surface area contributed by atoms with Crippen LogP contribution in [0.25, 0.3) is 0 Å². The monoisotopic (exact) mass is 388 g/mol. The molecule has 26 heavy (non-hydrogen) atoms. The number of carbonyl (C=O) groups excluding carboxylic acids is 3. The molecule has 142 valence electrons. The van der Waals surface area contributed by atoms with Gasteiger partial charge in [-0.25, -0.2) is 9.78 Å². The average molecular weight is 388 g/mol. The lowest BCUT2D eigenvalue weighted by atomic mass is 9.97. The third kappa shape index (κ3) is 5.38.